The summed E-state index contributed by atoms with van der Waals surface area (Å²) in [6, 6.07) is 18.3. The van der Waals surface area contributed by atoms with Crippen molar-refractivity contribution in [2.45, 2.75) is 0 Å². The number of fused-ring (bicyclic) bond motifs is 1. The average Bonchev–Trinajstić information content (AvgIpc) is 3.12. The third kappa shape index (κ3) is 3.37. The van der Waals surface area contributed by atoms with Crippen LogP contribution < -0.4 is 10.1 Å². The summed E-state index contributed by atoms with van der Waals surface area (Å²) in [5, 5.41) is 3.27. The molecule has 2 heterocycles. The molecule has 0 atom stereocenters. The van der Waals surface area contributed by atoms with Crippen molar-refractivity contribution < 1.29 is 9.53 Å². The number of methoxy groups -OCH3 is 1. The third-order valence-corrected chi connectivity index (χ3v) is 4.56. The number of nitrogens with zero attached hydrogens (tertiary/aromatic N) is 2. The molecule has 0 fully saturated rings. The van der Waals surface area contributed by atoms with Crippen LogP contribution in [-0.2, 0) is 0 Å². The van der Waals surface area contributed by atoms with Crippen LogP contribution in [0.2, 0.25) is 5.02 Å². The second-order valence-corrected chi connectivity index (χ2v) is 6.35. The summed E-state index contributed by atoms with van der Waals surface area (Å²) in [4.78, 5) is 17.2. The van der Waals surface area contributed by atoms with Crippen LogP contribution in [0, 0.1) is 0 Å². The molecule has 0 spiro atoms. The molecule has 27 heavy (non-hydrogen) atoms. The van der Waals surface area contributed by atoms with Crippen molar-refractivity contribution >= 4 is 28.8 Å². The Kier molecular flexibility index (Phi) is 4.52. The molecule has 0 saturated heterocycles. The molecule has 0 aliphatic rings. The van der Waals surface area contributed by atoms with E-state index < -0.39 is 0 Å². The maximum Gasteiger partial charge on any atom is 0.257 e. The zero-order chi connectivity index (χ0) is 18.8. The number of carbonyl (C=O) groups excluding carboxylic acids is 1. The van der Waals surface area contributed by atoms with Gasteiger partial charge >= 0.3 is 0 Å². The van der Waals surface area contributed by atoms with Crippen LogP contribution in [-0.4, -0.2) is 22.4 Å². The van der Waals surface area contributed by atoms with E-state index in [-0.39, 0.29) is 5.91 Å². The Morgan fingerprint density at radius 1 is 1.11 bits per heavy atom. The summed E-state index contributed by atoms with van der Waals surface area (Å²) in [6.07, 6.45) is 3.88. The molecule has 0 unspecified atom stereocenters. The van der Waals surface area contributed by atoms with Crippen molar-refractivity contribution in [1.29, 1.82) is 0 Å². The molecule has 0 saturated carbocycles. The summed E-state index contributed by atoms with van der Waals surface area (Å²) >= 11 is 6.13. The number of aromatic nitrogens is 2. The van der Waals surface area contributed by atoms with Crippen LogP contribution in [0.5, 0.6) is 5.75 Å². The van der Waals surface area contributed by atoms with Crippen LogP contribution in [0.4, 0.5) is 5.69 Å². The van der Waals surface area contributed by atoms with E-state index in [0.29, 0.717) is 22.0 Å². The lowest BCUT2D eigenvalue weighted by atomic mass is 10.1. The second-order valence-electron chi connectivity index (χ2n) is 5.94. The van der Waals surface area contributed by atoms with Crippen molar-refractivity contribution in [3.63, 3.8) is 0 Å². The second kappa shape index (κ2) is 7.13. The minimum atomic E-state index is -0.300. The number of pyridine rings is 1. The summed E-state index contributed by atoms with van der Waals surface area (Å²) in [6.45, 7) is 0. The highest BCUT2D eigenvalue weighted by Gasteiger charge is 2.14. The smallest absolute Gasteiger partial charge is 0.257 e. The molecule has 6 heteroatoms. The van der Waals surface area contributed by atoms with Crippen molar-refractivity contribution in [3.8, 4) is 17.0 Å². The highest BCUT2D eigenvalue weighted by atomic mass is 35.5. The van der Waals surface area contributed by atoms with Crippen molar-refractivity contribution in [3.05, 3.63) is 83.6 Å². The van der Waals surface area contributed by atoms with Crippen molar-refractivity contribution in [2.24, 2.45) is 0 Å². The Morgan fingerprint density at radius 2 is 1.93 bits per heavy atom. The molecule has 4 rings (SSSR count). The first-order chi connectivity index (χ1) is 13.2. The molecule has 1 amide bonds. The molecule has 134 valence electrons. The molecule has 0 radical (unpaired) electrons. The highest BCUT2D eigenvalue weighted by molar-refractivity contribution is 6.34. The predicted molar refractivity (Wildman–Crippen MR) is 107 cm³/mol. The minimum Gasteiger partial charge on any atom is -0.495 e. The number of carbonyl (C=O) groups is 1. The van der Waals surface area contributed by atoms with Crippen molar-refractivity contribution in [2.75, 3.05) is 12.4 Å². The van der Waals surface area contributed by atoms with Gasteiger partial charge in [0.05, 0.1) is 29.1 Å². The van der Waals surface area contributed by atoms with E-state index in [1.165, 1.54) is 0 Å². The maximum absolute atomic E-state index is 12.6. The van der Waals surface area contributed by atoms with Gasteiger partial charge in [0.2, 0.25) is 0 Å². The number of ether oxygens (including phenoxy) is 1. The zero-order valence-corrected chi connectivity index (χ0v) is 15.3. The van der Waals surface area contributed by atoms with Gasteiger partial charge in [-0.3, -0.25) is 4.79 Å². The fourth-order valence-electron chi connectivity index (χ4n) is 2.87. The summed E-state index contributed by atoms with van der Waals surface area (Å²) in [5.41, 5.74) is 3.48. The number of hydrogen-bond acceptors (Lipinski definition) is 3. The molecule has 0 aliphatic heterocycles. The summed E-state index contributed by atoms with van der Waals surface area (Å²) in [7, 11) is 1.56. The molecule has 2 aromatic heterocycles. The molecule has 2 aromatic carbocycles. The Morgan fingerprint density at radius 3 is 2.70 bits per heavy atom. The first kappa shape index (κ1) is 17.1. The molecular formula is C21H16ClN3O2. The lowest BCUT2D eigenvalue weighted by Crippen LogP contribution is -2.13. The number of anilines is 1. The van der Waals surface area contributed by atoms with Gasteiger partial charge in [-0.1, -0.05) is 29.8 Å². The standard InChI is InChI=1S/C21H16ClN3O2/c1-27-19-10-9-14(18-13-25-11-5-4-8-20(25)23-18)12-17(19)24-21(26)15-6-2-3-7-16(15)22/h2-13H,1H3,(H,24,26). The van der Waals surface area contributed by atoms with Gasteiger partial charge in [0.25, 0.3) is 5.91 Å². The van der Waals surface area contributed by atoms with Crippen molar-refractivity contribution in [1.82, 2.24) is 9.38 Å². The SMILES string of the molecule is COc1ccc(-c2cn3ccccc3n2)cc1NC(=O)c1ccccc1Cl. The van der Waals surface area contributed by atoms with Gasteiger partial charge in [-0.2, -0.15) is 0 Å². The number of benzene rings is 2. The normalized spacial score (nSPS) is 10.7. The monoisotopic (exact) mass is 377 g/mol. The largest absolute Gasteiger partial charge is 0.495 e. The van der Waals surface area contributed by atoms with E-state index in [4.69, 9.17) is 16.3 Å². The quantitative estimate of drug-likeness (QED) is 0.549. The predicted octanol–water partition coefficient (Wildman–Crippen LogP) is 4.92. The summed E-state index contributed by atoms with van der Waals surface area (Å²) in [5.74, 6) is 0.258. The maximum atomic E-state index is 12.6. The molecular weight excluding hydrogens is 362 g/mol. The van der Waals surface area contributed by atoms with E-state index in [0.717, 1.165) is 16.9 Å². The highest BCUT2D eigenvalue weighted by Crippen LogP contribution is 2.31. The topological polar surface area (TPSA) is 55.6 Å². The third-order valence-electron chi connectivity index (χ3n) is 4.23. The Balaban J connectivity index is 1.70. The van der Waals surface area contributed by atoms with Crippen LogP contribution in [0.3, 0.4) is 0 Å². The Bertz CT molecular complexity index is 1100. The Hall–Kier alpha value is -3.31. The van der Waals surface area contributed by atoms with Gasteiger partial charge in [-0.25, -0.2) is 4.98 Å². The number of halogens is 1. The van der Waals surface area contributed by atoms with Gasteiger partial charge in [0.1, 0.15) is 11.4 Å². The lowest BCUT2D eigenvalue weighted by molar-refractivity contribution is 0.102. The number of rotatable bonds is 4. The average molecular weight is 378 g/mol. The minimum absolute atomic E-state index is 0.300. The van der Waals surface area contributed by atoms with Gasteiger partial charge < -0.3 is 14.5 Å². The van der Waals surface area contributed by atoms with E-state index in [1.54, 1.807) is 31.4 Å². The van der Waals surface area contributed by atoms with E-state index in [1.807, 2.05) is 53.2 Å². The number of nitrogens with one attached hydrogen (secondary N) is 1. The van der Waals surface area contributed by atoms with Gasteiger partial charge in [0.15, 0.2) is 0 Å². The number of amides is 1. The molecule has 0 bridgehead atoms. The van der Waals surface area contributed by atoms with Crippen LogP contribution in [0.1, 0.15) is 10.4 Å². The molecule has 5 nitrogen and oxygen atoms in total. The first-order valence-electron chi connectivity index (χ1n) is 8.34. The fraction of sp³-hybridized carbons (Fsp3) is 0.0476. The van der Waals surface area contributed by atoms with Crippen LogP contribution in [0.15, 0.2) is 73.1 Å². The summed E-state index contributed by atoms with van der Waals surface area (Å²) < 4.78 is 7.33. The molecule has 0 aliphatic carbocycles. The van der Waals surface area contributed by atoms with Gasteiger partial charge in [-0.15, -0.1) is 0 Å². The molecule has 4 aromatic rings. The number of hydrogen-bond donors (Lipinski definition) is 1. The van der Waals surface area contributed by atoms with Gasteiger partial charge in [0, 0.05) is 18.0 Å². The lowest BCUT2D eigenvalue weighted by Gasteiger charge is -2.12. The first-order valence-corrected chi connectivity index (χ1v) is 8.71. The van der Waals surface area contributed by atoms with Crippen LogP contribution >= 0.6 is 11.6 Å². The molecule has 1 N–H and O–H groups in total. The van der Waals surface area contributed by atoms with E-state index in [2.05, 4.69) is 10.3 Å². The number of imidazole rings is 1. The van der Waals surface area contributed by atoms with Gasteiger partial charge in [-0.05, 0) is 42.5 Å². The fourth-order valence-corrected chi connectivity index (χ4v) is 3.10. The van der Waals surface area contributed by atoms with E-state index in [9.17, 15) is 4.79 Å². The van der Waals surface area contributed by atoms with Crippen LogP contribution in [0.25, 0.3) is 16.9 Å². The van der Waals surface area contributed by atoms with E-state index >= 15 is 0 Å². The zero-order valence-electron chi connectivity index (χ0n) is 14.5. The Labute approximate surface area is 161 Å².